The molecular formula is C19H16N2O4S. The Kier molecular flexibility index (Phi) is 5.09. The molecule has 0 bridgehead atoms. The van der Waals surface area contributed by atoms with Gasteiger partial charge in [-0.25, -0.2) is 9.79 Å². The number of aliphatic imine (C=N–C) groups is 1. The molecule has 1 fully saturated rings. The Morgan fingerprint density at radius 1 is 1.15 bits per heavy atom. The van der Waals surface area contributed by atoms with Crippen LogP contribution >= 0.6 is 11.8 Å². The molecule has 0 aliphatic carbocycles. The molecule has 132 valence electrons. The lowest BCUT2D eigenvalue weighted by molar-refractivity contribution is -0.122. The van der Waals surface area contributed by atoms with E-state index in [2.05, 4.69) is 4.99 Å². The summed E-state index contributed by atoms with van der Waals surface area (Å²) < 4.78 is 0. The van der Waals surface area contributed by atoms with Crippen molar-refractivity contribution >= 4 is 40.6 Å². The number of phenols is 1. The predicted octanol–water partition coefficient (Wildman–Crippen LogP) is 3.71. The van der Waals surface area contributed by atoms with Crippen LogP contribution in [0.5, 0.6) is 5.75 Å². The van der Waals surface area contributed by atoms with Crippen molar-refractivity contribution in [2.24, 2.45) is 4.99 Å². The minimum atomic E-state index is -0.990. The first-order valence-corrected chi connectivity index (χ1v) is 8.72. The van der Waals surface area contributed by atoms with Gasteiger partial charge in [0, 0.05) is 6.54 Å². The number of carboxylic acid groups (broad SMARTS) is 1. The topological polar surface area (TPSA) is 90.2 Å². The Bertz CT molecular complexity index is 902. The summed E-state index contributed by atoms with van der Waals surface area (Å²) in [6.45, 7) is 2.35. The van der Waals surface area contributed by atoms with Gasteiger partial charge in [0.1, 0.15) is 5.75 Å². The number of hydrogen-bond acceptors (Lipinski definition) is 5. The van der Waals surface area contributed by atoms with Gasteiger partial charge in [-0.15, -0.1) is 0 Å². The van der Waals surface area contributed by atoms with Crippen molar-refractivity contribution in [3.05, 3.63) is 64.6 Å². The second-order valence-corrected chi connectivity index (χ2v) is 6.51. The zero-order chi connectivity index (χ0) is 18.7. The fourth-order valence-electron chi connectivity index (χ4n) is 2.38. The number of aromatic carboxylic acids is 1. The Balaban J connectivity index is 1.88. The fraction of sp³-hybridized carbons (Fsp3) is 0.105. The second-order valence-electron chi connectivity index (χ2n) is 5.50. The van der Waals surface area contributed by atoms with Crippen molar-refractivity contribution in [3.8, 4) is 5.75 Å². The van der Waals surface area contributed by atoms with Gasteiger partial charge in [-0.05, 0) is 66.7 Å². The van der Waals surface area contributed by atoms with Gasteiger partial charge in [-0.1, -0.05) is 12.1 Å². The van der Waals surface area contributed by atoms with Crippen LogP contribution in [0.1, 0.15) is 22.8 Å². The lowest BCUT2D eigenvalue weighted by Gasteiger charge is -2.11. The largest absolute Gasteiger partial charge is 0.508 e. The summed E-state index contributed by atoms with van der Waals surface area (Å²) in [5.41, 5.74) is 1.58. The molecule has 1 aliphatic heterocycles. The number of phenolic OH excluding ortho intramolecular Hbond substituents is 1. The third-order valence-corrected chi connectivity index (χ3v) is 4.74. The molecule has 1 amide bonds. The van der Waals surface area contributed by atoms with Crippen molar-refractivity contribution in [2.45, 2.75) is 6.92 Å². The van der Waals surface area contributed by atoms with Crippen molar-refractivity contribution < 1.29 is 19.8 Å². The van der Waals surface area contributed by atoms with Gasteiger partial charge in [-0.3, -0.25) is 9.69 Å². The van der Waals surface area contributed by atoms with E-state index in [1.54, 1.807) is 35.2 Å². The number of rotatable bonds is 4. The average molecular weight is 368 g/mol. The van der Waals surface area contributed by atoms with Gasteiger partial charge in [0.15, 0.2) is 5.17 Å². The number of carbonyl (C=O) groups excluding carboxylic acids is 1. The summed E-state index contributed by atoms with van der Waals surface area (Å²) in [7, 11) is 0. The van der Waals surface area contributed by atoms with Crippen LogP contribution in [0, 0.1) is 0 Å². The molecule has 1 saturated heterocycles. The van der Waals surface area contributed by atoms with Gasteiger partial charge >= 0.3 is 5.97 Å². The number of aromatic hydroxyl groups is 1. The average Bonchev–Trinajstić information content (AvgIpc) is 2.92. The van der Waals surface area contributed by atoms with Crippen molar-refractivity contribution in [1.29, 1.82) is 0 Å². The van der Waals surface area contributed by atoms with Crippen LogP contribution in [-0.4, -0.2) is 38.7 Å². The van der Waals surface area contributed by atoms with E-state index in [9.17, 15) is 14.7 Å². The Morgan fingerprint density at radius 3 is 2.38 bits per heavy atom. The molecule has 2 aromatic rings. The summed E-state index contributed by atoms with van der Waals surface area (Å²) in [5, 5.41) is 18.9. The Labute approximate surface area is 154 Å². The van der Waals surface area contributed by atoms with Gasteiger partial charge in [-0.2, -0.15) is 0 Å². The summed E-state index contributed by atoms with van der Waals surface area (Å²) in [4.78, 5) is 30.1. The SMILES string of the molecule is CCN1C(=O)/C(=C/c2ccc(C(=O)O)cc2)SC1=Nc1ccc(O)cc1. The number of nitrogens with zero attached hydrogens (tertiary/aromatic N) is 2. The minimum absolute atomic E-state index is 0.141. The first-order valence-electron chi connectivity index (χ1n) is 7.90. The van der Waals surface area contributed by atoms with E-state index in [0.29, 0.717) is 22.3 Å². The maximum Gasteiger partial charge on any atom is 0.335 e. The summed E-state index contributed by atoms with van der Waals surface area (Å²) >= 11 is 1.26. The van der Waals surface area contributed by atoms with E-state index in [0.717, 1.165) is 5.56 Å². The molecule has 0 unspecified atom stereocenters. The quantitative estimate of drug-likeness (QED) is 0.803. The monoisotopic (exact) mass is 368 g/mol. The van der Waals surface area contributed by atoms with Crippen molar-refractivity contribution in [2.75, 3.05) is 6.54 Å². The van der Waals surface area contributed by atoms with E-state index in [1.807, 2.05) is 6.92 Å². The molecule has 0 atom stereocenters. The van der Waals surface area contributed by atoms with Crippen LogP contribution in [0.4, 0.5) is 5.69 Å². The maximum absolute atomic E-state index is 12.6. The third-order valence-electron chi connectivity index (χ3n) is 3.73. The number of thioether (sulfide) groups is 1. The standard InChI is InChI=1S/C19H16N2O4S/c1-2-21-17(23)16(11-12-3-5-13(6-4-12)18(24)25)26-19(21)20-14-7-9-15(22)10-8-14/h3-11,22H,2H2,1H3,(H,24,25)/b16-11-,20-19?. The molecule has 6 nitrogen and oxygen atoms in total. The summed E-state index contributed by atoms with van der Waals surface area (Å²) in [6.07, 6.45) is 1.72. The zero-order valence-electron chi connectivity index (χ0n) is 13.9. The molecule has 7 heteroatoms. The number of benzene rings is 2. The van der Waals surface area contributed by atoms with E-state index in [4.69, 9.17) is 5.11 Å². The molecule has 0 radical (unpaired) electrons. The van der Waals surface area contributed by atoms with Gasteiger partial charge in [0.2, 0.25) is 0 Å². The summed E-state index contributed by atoms with van der Waals surface area (Å²) in [5.74, 6) is -0.977. The zero-order valence-corrected chi connectivity index (χ0v) is 14.7. The van der Waals surface area contributed by atoms with Crippen molar-refractivity contribution in [1.82, 2.24) is 4.90 Å². The van der Waals surface area contributed by atoms with Crippen LogP contribution in [0.25, 0.3) is 6.08 Å². The first kappa shape index (κ1) is 17.8. The van der Waals surface area contributed by atoms with E-state index < -0.39 is 5.97 Å². The molecule has 1 heterocycles. The number of amides is 1. The van der Waals surface area contributed by atoms with Gasteiger partial charge < -0.3 is 10.2 Å². The Hall–Kier alpha value is -3.06. The van der Waals surface area contributed by atoms with E-state index in [-0.39, 0.29) is 17.2 Å². The van der Waals surface area contributed by atoms with Crippen LogP contribution in [-0.2, 0) is 4.79 Å². The smallest absolute Gasteiger partial charge is 0.335 e. The lowest BCUT2D eigenvalue weighted by atomic mass is 10.1. The highest BCUT2D eigenvalue weighted by atomic mass is 32.2. The minimum Gasteiger partial charge on any atom is -0.508 e. The molecule has 0 spiro atoms. The molecule has 2 N–H and O–H groups in total. The number of likely N-dealkylation sites (N-methyl/N-ethyl adjacent to an activating group) is 1. The molecule has 0 saturated carbocycles. The molecule has 0 aromatic heterocycles. The fourth-order valence-corrected chi connectivity index (χ4v) is 3.44. The maximum atomic E-state index is 12.6. The second kappa shape index (κ2) is 7.45. The van der Waals surface area contributed by atoms with E-state index >= 15 is 0 Å². The normalized spacial score (nSPS) is 17.3. The number of amidine groups is 1. The van der Waals surface area contributed by atoms with Crippen LogP contribution < -0.4 is 0 Å². The lowest BCUT2D eigenvalue weighted by Crippen LogP contribution is -2.28. The van der Waals surface area contributed by atoms with Crippen LogP contribution in [0.3, 0.4) is 0 Å². The predicted molar refractivity (Wildman–Crippen MR) is 102 cm³/mol. The van der Waals surface area contributed by atoms with Gasteiger partial charge in [0.25, 0.3) is 5.91 Å². The molecular weight excluding hydrogens is 352 g/mol. The van der Waals surface area contributed by atoms with Crippen molar-refractivity contribution in [3.63, 3.8) is 0 Å². The number of hydrogen-bond donors (Lipinski definition) is 2. The van der Waals surface area contributed by atoms with Gasteiger partial charge in [0.05, 0.1) is 16.2 Å². The highest BCUT2D eigenvalue weighted by molar-refractivity contribution is 8.18. The first-order chi connectivity index (χ1) is 12.5. The number of carbonyl (C=O) groups is 2. The number of carboxylic acids is 1. The molecule has 26 heavy (non-hydrogen) atoms. The highest BCUT2D eigenvalue weighted by Crippen LogP contribution is 2.34. The molecule has 1 aliphatic rings. The Morgan fingerprint density at radius 2 is 1.81 bits per heavy atom. The highest BCUT2D eigenvalue weighted by Gasteiger charge is 2.32. The third kappa shape index (κ3) is 3.78. The summed E-state index contributed by atoms with van der Waals surface area (Å²) in [6, 6.07) is 12.8. The van der Waals surface area contributed by atoms with Crippen LogP contribution in [0.2, 0.25) is 0 Å². The van der Waals surface area contributed by atoms with E-state index in [1.165, 1.54) is 36.0 Å². The van der Waals surface area contributed by atoms with Crippen LogP contribution in [0.15, 0.2) is 58.4 Å². The molecule has 3 rings (SSSR count). The molecule has 2 aromatic carbocycles.